The zero-order chi connectivity index (χ0) is 24.1. The number of para-hydroxylation sites is 2. The van der Waals surface area contributed by atoms with Crippen LogP contribution in [0.2, 0.25) is 0 Å². The van der Waals surface area contributed by atoms with Crippen molar-refractivity contribution in [2.45, 2.75) is 39.3 Å². The van der Waals surface area contributed by atoms with E-state index in [-0.39, 0.29) is 18.4 Å². The predicted octanol–water partition coefficient (Wildman–Crippen LogP) is 4.90. The largest absolute Gasteiger partial charge is 0.342 e. The first-order chi connectivity index (χ1) is 16.5. The molecule has 1 atom stereocenters. The maximum Gasteiger partial charge on any atom is 0.249 e. The molecule has 0 aliphatic heterocycles. The van der Waals surface area contributed by atoms with Gasteiger partial charge < -0.3 is 14.8 Å². The molecule has 0 radical (unpaired) electrons. The quantitative estimate of drug-likeness (QED) is 0.412. The highest BCUT2D eigenvalue weighted by Crippen LogP contribution is 2.26. The summed E-state index contributed by atoms with van der Waals surface area (Å²) in [6.07, 6.45) is 1.33. The normalized spacial score (nSPS) is 11.9. The lowest BCUT2D eigenvalue weighted by Gasteiger charge is -2.25. The number of aromatic nitrogens is 1. The van der Waals surface area contributed by atoms with E-state index in [0.717, 1.165) is 28.9 Å². The summed E-state index contributed by atoms with van der Waals surface area (Å²) in [5.74, 6) is -0.325. The van der Waals surface area contributed by atoms with Crippen molar-refractivity contribution < 1.29 is 9.59 Å². The van der Waals surface area contributed by atoms with Crippen molar-refractivity contribution in [3.8, 4) is 0 Å². The average molecular weight is 454 g/mol. The third-order valence-electron chi connectivity index (χ3n) is 6.41. The Kier molecular flexibility index (Phi) is 7.12. The van der Waals surface area contributed by atoms with Crippen molar-refractivity contribution in [3.63, 3.8) is 0 Å². The molecule has 174 valence electrons. The van der Waals surface area contributed by atoms with E-state index >= 15 is 0 Å². The number of hydrogen-bond acceptors (Lipinski definition) is 2. The molecule has 5 heteroatoms. The fourth-order valence-corrected chi connectivity index (χ4v) is 4.60. The number of amides is 2. The molecule has 1 aromatic heterocycles. The maximum absolute atomic E-state index is 13.5. The molecule has 4 rings (SSSR count). The van der Waals surface area contributed by atoms with Gasteiger partial charge in [-0.3, -0.25) is 9.59 Å². The molecular weight excluding hydrogens is 422 g/mol. The van der Waals surface area contributed by atoms with Crippen LogP contribution in [-0.4, -0.2) is 29.5 Å². The Morgan fingerprint density at radius 3 is 2.21 bits per heavy atom. The van der Waals surface area contributed by atoms with Crippen LogP contribution in [0.4, 0.5) is 5.69 Å². The number of nitrogens with one attached hydrogen (secondary N) is 1. The summed E-state index contributed by atoms with van der Waals surface area (Å²) in [6, 6.07) is 26.8. The van der Waals surface area contributed by atoms with Gasteiger partial charge in [0.1, 0.15) is 12.6 Å². The van der Waals surface area contributed by atoms with E-state index in [0.29, 0.717) is 6.42 Å². The number of fused-ring (bicyclic) bond motifs is 1. The van der Waals surface area contributed by atoms with Crippen molar-refractivity contribution >= 4 is 28.4 Å². The number of benzene rings is 3. The van der Waals surface area contributed by atoms with Crippen LogP contribution in [0.15, 0.2) is 84.9 Å². The Morgan fingerprint density at radius 1 is 0.912 bits per heavy atom. The number of anilines is 1. The molecule has 5 nitrogen and oxygen atoms in total. The van der Waals surface area contributed by atoms with Crippen molar-refractivity contribution in [2.24, 2.45) is 0 Å². The van der Waals surface area contributed by atoms with E-state index < -0.39 is 6.04 Å². The third kappa shape index (κ3) is 4.88. The second-order valence-corrected chi connectivity index (χ2v) is 8.56. The number of carbonyl (C=O) groups excluding carboxylic acids is 2. The SMILES string of the molecule is CCc1c(C)n(CC(=O)N[C@@H](Cc2ccccc2)C(=O)N(C)c2ccccc2)c2ccccc12. The first-order valence-electron chi connectivity index (χ1n) is 11.7. The minimum absolute atomic E-state index is 0.147. The van der Waals surface area contributed by atoms with Crippen molar-refractivity contribution in [1.82, 2.24) is 9.88 Å². The van der Waals surface area contributed by atoms with Crippen molar-refractivity contribution in [2.75, 3.05) is 11.9 Å². The monoisotopic (exact) mass is 453 g/mol. The van der Waals surface area contributed by atoms with E-state index in [1.54, 1.807) is 11.9 Å². The van der Waals surface area contributed by atoms with Gasteiger partial charge in [0.05, 0.1) is 0 Å². The average Bonchev–Trinajstić information content (AvgIpc) is 3.14. The lowest BCUT2D eigenvalue weighted by Crippen LogP contribution is -2.49. The molecule has 0 spiro atoms. The number of carbonyl (C=O) groups is 2. The van der Waals surface area contributed by atoms with Gasteiger partial charge in [-0.15, -0.1) is 0 Å². The van der Waals surface area contributed by atoms with Gasteiger partial charge in [0.2, 0.25) is 11.8 Å². The summed E-state index contributed by atoms with van der Waals surface area (Å²) in [6.45, 7) is 4.36. The fourth-order valence-electron chi connectivity index (χ4n) is 4.60. The Hall–Kier alpha value is -3.86. The van der Waals surface area contributed by atoms with Crippen LogP contribution in [0, 0.1) is 6.92 Å². The Labute approximate surface area is 201 Å². The fraction of sp³-hybridized carbons (Fsp3) is 0.241. The summed E-state index contributed by atoms with van der Waals surface area (Å²) in [5.41, 5.74) is 5.17. The molecule has 1 heterocycles. The van der Waals surface area contributed by atoms with Crippen LogP contribution in [-0.2, 0) is 29.0 Å². The van der Waals surface area contributed by atoms with E-state index in [9.17, 15) is 9.59 Å². The maximum atomic E-state index is 13.5. The zero-order valence-corrected chi connectivity index (χ0v) is 20.0. The minimum Gasteiger partial charge on any atom is -0.342 e. The first kappa shape index (κ1) is 23.3. The molecule has 2 amide bonds. The highest BCUT2D eigenvalue weighted by molar-refractivity contribution is 5.99. The summed E-state index contributed by atoms with van der Waals surface area (Å²) in [7, 11) is 1.75. The van der Waals surface area contributed by atoms with E-state index in [4.69, 9.17) is 0 Å². The number of aryl methyl sites for hydroxylation is 1. The zero-order valence-electron chi connectivity index (χ0n) is 20.0. The first-order valence-corrected chi connectivity index (χ1v) is 11.7. The molecule has 0 aliphatic rings. The van der Waals surface area contributed by atoms with Crippen molar-refractivity contribution in [3.05, 3.63) is 102 Å². The number of rotatable bonds is 8. The van der Waals surface area contributed by atoms with Crippen LogP contribution in [0.3, 0.4) is 0 Å². The molecule has 0 fully saturated rings. The molecule has 4 aromatic rings. The summed E-state index contributed by atoms with van der Waals surface area (Å²) >= 11 is 0. The second kappa shape index (κ2) is 10.4. The Bertz CT molecular complexity index is 1280. The van der Waals surface area contributed by atoms with E-state index in [1.165, 1.54) is 10.9 Å². The molecule has 0 bridgehead atoms. The summed E-state index contributed by atoms with van der Waals surface area (Å²) < 4.78 is 2.05. The van der Waals surface area contributed by atoms with Crippen LogP contribution >= 0.6 is 0 Å². The highest BCUT2D eigenvalue weighted by Gasteiger charge is 2.26. The standard InChI is InChI=1S/C29H31N3O2/c1-4-24-21(2)32(27-18-12-11-17-25(24)27)20-28(33)30-26(19-22-13-7-5-8-14-22)29(34)31(3)23-15-9-6-10-16-23/h5-18,26H,4,19-20H2,1-3H3,(H,30,33)/t26-/m0/s1. The number of nitrogens with zero attached hydrogens (tertiary/aromatic N) is 2. The minimum atomic E-state index is -0.673. The molecule has 3 aromatic carbocycles. The lowest BCUT2D eigenvalue weighted by atomic mass is 10.0. The molecular formula is C29H31N3O2. The van der Waals surface area contributed by atoms with Gasteiger partial charge in [0.25, 0.3) is 0 Å². The van der Waals surface area contributed by atoms with Gasteiger partial charge in [-0.1, -0.05) is 73.7 Å². The number of likely N-dealkylation sites (N-methyl/N-ethyl adjacent to an activating group) is 1. The van der Waals surface area contributed by atoms with Gasteiger partial charge in [0.15, 0.2) is 0 Å². The van der Waals surface area contributed by atoms with Crippen LogP contribution in [0.5, 0.6) is 0 Å². The lowest BCUT2D eigenvalue weighted by molar-refractivity contribution is -0.127. The van der Waals surface area contributed by atoms with Gasteiger partial charge >= 0.3 is 0 Å². The van der Waals surface area contributed by atoms with E-state index in [1.807, 2.05) is 78.9 Å². The summed E-state index contributed by atoms with van der Waals surface area (Å²) in [5, 5.41) is 4.21. The molecule has 0 saturated heterocycles. The smallest absolute Gasteiger partial charge is 0.249 e. The van der Waals surface area contributed by atoms with Crippen LogP contribution in [0.1, 0.15) is 23.7 Å². The van der Waals surface area contributed by atoms with Gasteiger partial charge in [-0.25, -0.2) is 0 Å². The number of hydrogen-bond donors (Lipinski definition) is 1. The highest BCUT2D eigenvalue weighted by atomic mass is 16.2. The van der Waals surface area contributed by atoms with E-state index in [2.05, 4.69) is 29.8 Å². The van der Waals surface area contributed by atoms with Gasteiger partial charge in [-0.05, 0) is 42.7 Å². The topological polar surface area (TPSA) is 54.3 Å². The second-order valence-electron chi connectivity index (χ2n) is 8.56. The third-order valence-corrected chi connectivity index (χ3v) is 6.41. The predicted molar refractivity (Wildman–Crippen MR) is 138 cm³/mol. The van der Waals surface area contributed by atoms with Gasteiger partial charge in [-0.2, -0.15) is 0 Å². The van der Waals surface area contributed by atoms with Crippen molar-refractivity contribution in [1.29, 1.82) is 0 Å². The Morgan fingerprint density at radius 2 is 1.53 bits per heavy atom. The molecule has 34 heavy (non-hydrogen) atoms. The molecule has 0 unspecified atom stereocenters. The molecule has 1 N–H and O–H groups in total. The molecule has 0 saturated carbocycles. The Balaban J connectivity index is 1.59. The molecule has 0 aliphatic carbocycles. The summed E-state index contributed by atoms with van der Waals surface area (Å²) in [4.78, 5) is 28.3. The van der Waals surface area contributed by atoms with Gasteiger partial charge in [0, 0.05) is 35.8 Å². The van der Waals surface area contributed by atoms with Crippen LogP contribution < -0.4 is 10.2 Å². The van der Waals surface area contributed by atoms with Crippen LogP contribution in [0.25, 0.3) is 10.9 Å².